The van der Waals surface area contributed by atoms with Gasteiger partial charge in [-0.1, -0.05) is 105 Å². The van der Waals surface area contributed by atoms with Crippen LogP contribution in [-0.2, 0) is 53.1 Å². The number of piperazine rings is 1. The number of aliphatic hydroxyl groups excluding tert-OH is 1. The Morgan fingerprint density at radius 1 is 0.782 bits per heavy atom. The fourth-order valence-corrected chi connectivity index (χ4v) is 11.3. The predicted molar refractivity (Wildman–Crippen MR) is 280 cm³/mol. The van der Waals surface area contributed by atoms with Gasteiger partial charge in [0.2, 0.25) is 17.8 Å². The number of esters is 4. The Bertz CT molecular complexity index is 3110. The van der Waals surface area contributed by atoms with Crippen LogP contribution in [0.25, 0.3) is 0 Å². The van der Waals surface area contributed by atoms with Crippen LogP contribution in [0.1, 0.15) is 66.3 Å². The molecule has 404 valence electrons. The maximum absolute atomic E-state index is 17.0. The minimum absolute atomic E-state index is 0.00380. The van der Waals surface area contributed by atoms with Crippen LogP contribution in [0.5, 0.6) is 5.75 Å². The maximum atomic E-state index is 17.0. The molecule has 78 heavy (non-hydrogen) atoms. The SMILES string of the molecule is COC(=O)C(CC#Cc1ccc2c(c1)[C@]1(C(=O)N2C(=O)N[C@H](C(=O)OC)C(C)C)[C@H](c2ccccc2OCCO)N2[C@H](c3ccccc3)[C@H](c3ccccc3)OC(=O)[C@H]2[C@@H]1C(=O)N1CCN(c2ncccn2)CC1)C(=O)OC. The Hall–Kier alpha value is -8.67. The van der Waals surface area contributed by atoms with Crippen LogP contribution in [0.2, 0.25) is 0 Å². The minimum atomic E-state index is -2.28. The highest BCUT2D eigenvalue weighted by atomic mass is 16.6. The highest BCUT2D eigenvalue weighted by molar-refractivity contribution is 6.25. The first-order valence-electron chi connectivity index (χ1n) is 25.5. The smallest absolute Gasteiger partial charge is 0.329 e. The standard InChI is InChI=1S/C58H59N7O13/c1-35(2)45(53(70)76-5)61-57(73)64-42-25-24-36(16-14-22-40(51(68)74-3)52(69)75-4)34-41(42)58(55(64)72)44(50(67)62-28-30-63(31-29-62)56-59-26-15-27-60-56)47-54(71)78-48(38-19-10-7-11-20-38)46(37-17-8-6-9-18-37)65(47)49(58)39-21-12-13-23-43(39)77-33-32-66/h6-13,15,17-21,23-27,34-35,40,44-49,66H,22,28-33H2,1-5H3,(H,61,73)/t44-,45+,46-,47-,48+,49+,58-/m1/s1. The first-order valence-corrected chi connectivity index (χ1v) is 25.5. The van der Waals surface area contributed by atoms with E-state index in [1.807, 2.05) is 70.5 Å². The molecule has 4 aliphatic heterocycles. The topological polar surface area (TPSA) is 237 Å². The molecule has 0 saturated carbocycles. The molecule has 20 heteroatoms. The van der Waals surface area contributed by atoms with E-state index < -0.39 is 102 Å². The number of hydrogen-bond donors (Lipinski definition) is 2. The molecule has 0 unspecified atom stereocenters. The molecule has 0 radical (unpaired) electrons. The van der Waals surface area contributed by atoms with Gasteiger partial charge in [-0.3, -0.25) is 28.9 Å². The molecule has 4 amide bonds. The average molecular weight is 1060 g/mol. The second-order valence-corrected chi connectivity index (χ2v) is 19.4. The number of nitrogens with one attached hydrogen (secondary N) is 1. The summed E-state index contributed by atoms with van der Waals surface area (Å²) in [7, 11) is 3.44. The monoisotopic (exact) mass is 1060 g/mol. The Labute approximate surface area is 450 Å². The molecule has 2 N–H and O–H groups in total. The van der Waals surface area contributed by atoms with Gasteiger partial charge in [0, 0.05) is 56.1 Å². The van der Waals surface area contributed by atoms with Gasteiger partial charge >= 0.3 is 29.9 Å². The van der Waals surface area contributed by atoms with E-state index in [1.165, 1.54) is 19.2 Å². The number of ether oxygens (including phenoxy) is 5. The Balaban J connectivity index is 1.35. The molecule has 5 heterocycles. The number of cyclic esters (lactones) is 1. The van der Waals surface area contributed by atoms with Gasteiger partial charge in [0.25, 0.3) is 0 Å². The van der Waals surface area contributed by atoms with Crippen LogP contribution in [0, 0.1) is 29.6 Å². The lowest BCUT2D eigenvalue weighted by Gasteiger charge is -2.46. The van der Waals surface area contributed by atoms with Crippen molar-refractivity contribution in [3.63, 3.8) is 0 Å². The Morgan fingerprint density at radius 2 is 1.41 bits per heavy atom. The van der Waals surface area contributed by atoms with Gasteiger partial charge in [0.1, 0.15) is 36.0 Å². The van der Waals surface area contributed by atoms with E-state index in [2.05, 4.69) is 27.1 Å². The number of carbonyl (C=O) groups is 7. The number of hydrogen-bond acceptors (Lipinski definition) is 17. The zero-order chi connectivity index (χ0) is 55.3. The number of aromatic nitrogens is 2. The third-order valence-corrected chi connectivity index (χ3v) is 14.8. The molecule has 0 aliphatic carbocycles. The van der Waals surface area contributed by atoms with Crippen molar-refractivity contribution < 1.29 is 62.4 Å². The number of rotatable bonds is 14. The Kier molecular flexibility index (Phi) is 16.2. The van der Waals surface area contributed by atoms with Crippen LogP contribution in [0.3, 0.4) is 0 Å². The summed E-state index contributed by atoms with van der Waals surface area (Å²) in [4.78, 5) is 119. The van der Waals surface area contributed by atoms with Crippen LogP contribution in [0.4, 0.5) is 16.4 Å². The van der Waals surface area contributed by atoms with Crippen LogP contribution < -0.4 is 19.9 Å². The van der Waals surface area contributed by atoms with Crippen molar-refractivity contribution in [2.45, 2.75) is 56.0 Å². The quantitative estimate of drug-likeness (QED) is 0.0675. The summed E-state index contributed by atoms with van der Waals surface area (Å²) in [6.45, 7) is 3.58. The molecule has 4 aromatic carbocycles. The number of urea groups is 1. The highest BCUT2D eigenvalue weighted by Gasteiger charge is 2.76. The van der Waals surface area contributed by atoms with Gasteiger partial charge in [0.05, 0.1) is 51.6 Å². The minimum Gasteiger partial charge on any atom is -0.491 e. The third kappa shape index (κ3) is 9.86. The molecular formula is C58H59N7O13. The van der Waals surface area contributed by atoms with Crippen molar-refractivity contribution >= 4 is 53.4 Å². The van der Waals surface area contributed by atoms with Gasteiger partial charge < -0.3 is 43.9 Å². The van der Waals surface area contributed by atoms with Gasteiger partial charge in [-0.2, -0.15) is 0 Å². The summed E-state index contributed by atoms with van der Waals surface area (Å²) in [5, 5.41) is 13.0. The number of anilines is 2. The zero-order valence-corrected chi connectivity index (χ0v) is 43.6. The number of amides is 4. The second kappa shape index (κ2) is 23.3. The molecule has 9 rings (SSSR count). The van der Waals surface area contributed by atoms with Crippen molar-refractivity contribution in [3.05, 3.63) is 149 Å². The lowest BCUT2D eigenvalue weighted by molar-refractivity contribution is -0.179. The molecule has 20 nitrogen and oxygen atoms in total. The number of benzene rings is 4. The lowest BCUT2D eigenvalue weighted by atomic mass is 9.64. The number of carbonyl (C=O) groups excluding carboxylic acids is 7. The van der Waals surface area contributed by atoms with Gasteiger partial charge in [-0.25, -0.2) is 24.5 Å². The second-order valence-electron chi connectivity index (χ2n) is 19.4. The van der Waals surface area contributed by atoms with Crippen molar-refractivity contribution in [2.75, 3.05) is 70.5 Å². The molecular weight excluding hydrogens is 1000 g/mol. The number of para-hydroxylation sites is 1. The number of aliphatic hydroxyl groups is 1. The van der Waals surface area contributed by atoms with E-state index in [9.17, 15) is 19.5 Å². The molecule has 7 atom stereocenters. The summed E-state index contributed by atoms with van der Waals surface area (Å²) in [5.74, 6) is -1.91. The van der Waals surface area contributed by atoms with Crippen LogP contribution in [0.15, 0.2) is 122 Å². The molecule has 3 saturated heterocycles. The van der Waals surface area contributed by atoms with Crippen molar-refractivity contribution in [3.8, 4) is 17.6 Å². The van der Waals surface area contributed by atoms with Crippen molar-refractivity contribution in [1.82, 2.24) is 25.1 Å². The normalized spacial score (nSPS) is 21.9. The number of methoxy groups -OCH3 is 3. The van der Waals surface area contributed by atoms with Crippen LogP contribution in [-0.4, -0.2) is 139 Å². The summed E-state index contributed by atoms with van der Waals surface area (Å²) in [5.41, 5.74) is -0.344. The average Bonchev–Trinajstić information content (AvgIpc) is 2.36. The molecule has 0 bridgehead atoms. The van der Waals surface area contributed by atoms with Gasteiger partial charge in [0.15, 0.2) is 5.92 Å². The maximum Gasteiger partial charge on any atom is 0.329 e. The largest absolute Gasteiger partial charge is 0.491 e. The fraction of sp³-hybridized carbons (Fsp3) is 0.362. The molecule has 1 aromatic heterocycles. The highest BCUT2D eigenvalue weighted by Crippen LogP contribution is 2.67. The van der Waals surface area contributed by atoms with Crippen LogP contribution >= 0.6 is 0 Å². The predicted octanol–water partition coefficient (Wildman–Crippen LogP) is 4.47. The van der Waals surface area contributed by atoms with Gasteiger partial charge in [-0.15, -0.1) is 0 Å². The lowest BCUT2D eigenvalue weighted by Crippen LogP contribution is -2.60. The fourth-order valence-electron chi connectivity index (χ4n) is 11.3. The number of imide groups is 1. The first kappa shape index (κ1) is 54.1. The van der Waals surface area contributed by atoms with E-state index in [0.717, 1.165) is 19.1 Å². The molecule has 3 fully saturated rings. The summed E-state index contributed by atoms with van der Waals surface area (Å²) < 4.78 is 27.9. The summed E-state index contributed by atoms with van der Waals surface area (Å²) >= 11 is 0. The molecule has 4 aliphatic rings. The Morgan fingerprint density at radius 3 is 2.04 bits per heavy atom. The van der Waals surface area contributed by atoms with E-state index in [-0.39, 0.29) is 61.8 Å². The summed E-state index contributed by atoms with van der Waals surface area (Å²) in [6.07, 6.45) is 1.87. The number of fused-ring (bicyclic) bond motifs is 3. The number of morpholine rings is 1. The first-order chi connectivity index (χ1) is 37.8. The van der Waals surface area contributed by atoms with E-state index in [1.54, 1.807) is 67.5 Å². The van der Waals surface area contributed by atoms with E-state index in [0.29, 0.717) is 22.6 Å². The van der Waals surface area contributed by atoms with E-state index in [4.69, 9.17) is 23.7 Å². The van der Waals surface area contributed by atoms with Crippen molar-refractivity contribution in [2.24, 2.45) is 17.8 Å². The van der Waals surface area contributed by atoms with E-state index >= 15 is 19.2 Å². The zero-order valence-electron chi connectivity index (χ0n) is 43.6. The third-order valence-electron chi connectivity index (χ3n) is 14.8. The van der Waals surface area contributed by atoms with Gasteiger partial charge in [-0.05, 0) is 52.9 Å². The van der Waals surface area contributed by atoms with Crippen molar-refractivity contribution in [1.29, 1.82) is 0 Å². The number of nitrogens with zero attached hydrogens (tertiary/aromatic N) is 6. The molecule has 5 aromatic rings. The summed E-state index contributed by atoms with van der Waals surface area (Å²) in [6, 6.07) is 25.4. The molecule has 1 spiro atoms.